The van der Waals surface area contributed by atoms with E-state index in [1.165, 1.54) is 11.3 Å². The molecule has 0 aliphatic rings. The highest BCUT2D eigenvalue weighted by Crippen LogP contribution is 2.16. The maximum Gasteiger partial charge on any atom is 0.270 e. The van der Waals surface area contributed by atoms with Gasteiger partial charge in [-0.15, -0.1) is 21.5 Å². The normalized spacial score (nSPS) is 11.2. The van der Waals surface area contributed by atoms with E-state index in [0.717, 1.165) is 35.4 Å². The van der Waals surface area contributed by atoms with Crippen LogP contribution in [0.15, 0.2) is 10.5 Å². The van der Waals surface area contributed by atoms with Gasteiger partial charge in [-0.1, -0.05) is 25.6 Å². The number of nitrogens with zero attached hydrogens (tertiary/aromatic N) is 4. The average Bonchev–Trinajstić information content (AvgIpc) is 3.18. The van der Waals surface area contributed by atoms with E-state index in [1.807, 2.05) is 6.26 Å². The SMILES string of the molecule is CSc1nnc(CCCNC(=O)c2csc(CN)n2)n1CC(C)C. The molecule has 0 radical (unpaired) electrons. The molecule has 1 amide bonds. The average molecular weight is 369 g/mol. The van der Waals surface area contributed by atoms with Crippen LogP contribution in [0.2, 0.25) is 0 Å². The van der Waals surface area contributed by atoms with Crippen LogP contribution in [-0.2, 0) is 19.5 Å². The molecule has 2 rings (SSSR count). The number of amides is 1. The highest BCUT2D eigenvalue weighted by Gasteiger charge is 2.13. The van der Waals surface area contributed by atoms with Gasteiger partial charge in [0, 0.05) is 31.4 Å². The molecule has 9 heteroatoms. The molecular formula is C15H24N6OS2. The van der Waals surface area contributed by atoms with E-state index in [2.05, 4.69) is 38.9 Å². The molecule has 2 aromatic rings. The Morgan fingerprint density at radius 3 is 2.88 bits per heavy atom. The molecular weight excluding hydrogens is 344 g/mol. The van der Waals surface area contributed by atoms with E-state index in [-0.39, 0.29) is 5.91 Å². The van der Waals surface area contributed by atoms with Gasteiger partial charge in [-0.2, -0.15) is 0 Å². The lowest BCUT2D eigenvalue weighted by Crippen LogP contribution is -2.25. The summed E-state index contributed by atoms with van der Waals surface area (Å²) in [5.41, 5.74) is 5.95. The second-order valence-electron chi connectivity index (χ2n) is 5.80. The van der Waals surface area contributed by atoms with Crippen LogP contribution >= 0.6 is 23.1 Å². The van der Waals surface area contributed by atoms with E-state index in [4.69, 9.17) is 5.73 Å². The van der Waals surface area contributed by atoms with Crippen LogP contribution in [-0.4, -0.2) is 38.5 Å². The number of thiazole rings is 1. The summed E-state index contributed by atoms with van der Waals surface area (Å²) in [7, 11) is 0. The standard InChI is InChI=1S/C15H24N6OS2/c1-10(2)8-21-12(19-20-15(21)23-3)5-4-6-17-14(22)11-9-24-13(7-16)18-11/h9-10H,4-8,16H2,1-3H3,(H,17,22). The quantitative estimate of drug-likeness (QED) is 0.518. The number of hydrogen-bond acceptors (Lipinski definition) is 7. The molecule has 0 saturated carbocycles. The molecule has 2 heterocycles. The summed E-state index contributed by atoms with van der Waals surface area (Å²) in [5.74, 6) is 1.35. The summed E-state index contributed by atoms with van der Waals surface area (Å²) in [5, 5.41) is 14.9. The van der Waals surface area contributed by atoms with Crippen molar-refractivity contribution in [3.63, 3.8) is 0 Å². The van der Waals surface area contributed by atoms with Crippen LogP contribution in [0.4, 0.5) is 0 Å². The first kappa shape index (κ1) is 18.9. The highest BCUT2D eigenvalue weighted by atomic mass is 32.2. The zero-order chi connectivity index (χ0) is 17.5. The fraction of sp³-hybridized carbons (Fsp3) is 0.600. The predicted octanol–water partition coefficient (Wildman–Crippen LogP) is 1.93. The lowest BCUT2D eigenvalue weighted by Gasteiger charge is -2.11. The Bertz CT molecular complexity index is 667. The Morgan fingerprint density at radius 2 is 2.25 bits per heavy atom. The van der Waals surface area contributed by atoms with Gasteiger partial charge in [-0.3, -0.25) is 4.79 Å². The first-order chi connectivity index (χ1) is 11.5. The van der Waals surface area contributed by atoms with Gasteiger partial charge in [0.25, 0.3) is 5.91 Å². The van der Waals surface area contributed by atoms with Gasteiger partial charge in [0.15, 0.2) is 5.16 Å². The van der Waals surface area contributed by atoms with Crippen molar-refractivity contribution in [3.8, 4) is 0 Å². The minimum Gasteiger partial charge on any atom is -0.351 e. The van der Waals surface area contributed by atoms with Crippen LogP contribution in [0.3, 0.4) is 0 Å². The first-order valence-electron chi connectivity index (χ1n) is 7.93. The Morgan fingerprint density at radius 1 is 1.46 bits per heavy atom. The summed E-state index contributed by atoms with van der Waals surface area (Å²) in [4.78, 5) is 16.2. The summed E-state index contributed by atoms with van der Waals surface area (Å²) in [6.45, 7) is 6.21. The Labute approximate surface area is 150 Å². The van der Waals surface area contributed by atoms with Gasteiger partial charge >= 0.3 is 0 Å². The zero-order valence-electron chi connectivity index (χ0n) is 14.3. The predicted molar refractivity (Wildman–Crippen MR) is 97.3 cm³/mol. The van der Waals surface area contributed by atoms with Crippen LogP contribution in [0.1, 0.15) is 41.6 Å². The second-order valence-corrected chi connectivity index (χ2v) is 7.51. The molecule has 0 saturated heterocycles. The number of aromatic nitrogens is 4. The van der Waals surface area contributed by atoms with Crippen molar-refractivity contribution < 1.29 is 4.79 Å². The molecule has 0 aliphatic heterocycles. The molecule has 3 N–H and O–H groups in total. The molecule has 0 bridgehead atoms. The van der Waals surface area contributed by atoms with Crippen LogP contribution in [0.25, 0.3) is 0 Å². The topological polar surface area (TPSA) is 98.7 Å². The van der Waals surface area contributed by atoms with Gasteiger partial charge in [-0.25, -0.2) is 4.98 Å². The fourth-order valence-corrected chi connectivity index (χ4v) is 3.43. The molecule has 0 spiro atoms. The van der Waals surface area contributed by atoms with Crippen molar-refractivity contribution in [1.29, 1.82) is 0 Å². The molecule has 0 fully saturated rings. The fourth-order valence-electron chi connectivity index (χ4n) is 2.25. The van der Waals surface area contributed by atoms with Gasteiger partial charge in [-0.05, 0) is 18.6 Å². The number of carbonyl (C=O) groups excluding carboxylic acids is 1. The Kier molecular flexibility index (Phi) is 7.19. The summed E-state index contributed by atoms with van der Waals surface area (Å²) in [6.07, 6.45) is 3.60. The lowest BCUT2D eigenvalue weighted by atomic mass is 10.2. The number of aryl methyl sites for hydroxylation is 1. The van der Waals surface area contributed by atoms with Gasteiger partial charge < -0.3 is 15.6 Å². The number of nitrogens with one attached hydrogen (secondary N) is 1. The van der Waals surface area contributed by atoms with Crippen LogP contribution in [0.5, 0.6) is 0 Å². The summed E-state index contributed by atoms with van der Waals surface area (Å²) in [6, 6.07) is 0. The maximum absolute atomic E-state index is 12.0. The van der Waals surface area contributed by atoms with E-state index < -0.39 is 0 Å². The van der Waals surface area contributed by atoms with Crippen molar-refractivity contribution in [2.24, 2.45) is 11.7 Å². The molecule has 7 nitrogen and oxygen atoms in total. The first-order valence-corrected chi connectivity index (χ1v) is 10.0. The third kappa shape index (κ3) is 5.02. The zero-order valence-corrected chi connectivity index (χ0v) is 15.9. The van der Waals surface area contributed by atoms with Crippen LogP contribution in [0, 0.1) is 5.92 Å². The van der Waals surface area contributed by atoms with Crippen LogP contribution < -0.4 is 11.1 Å². The smallest absolute Gasteiger partial charge is 0.270 e. The van der Waals surface area contributed by atoms with Crippen molar-refractivity contribution in [2.75, 3.05) is 12.8 Å². The monoisotopic (exact) mass is 368 g/mol. The molecule has 2 aromatic heterocycles. The Hall–Kier alpha value is -1.45. The van der Waals surface area contributed by atoms with Gasteiger partial charge in [0.05, 0.1) is 0 Å². The summed E-state index contributed by atoms with van der Waals surface area (Å²) >= 11 is 3.01. The van der Waals surface area contributed by atoms with Crippen molar-refractivity contribution in [2.45, 2.75) is 44.9 Å². The minimum atomic E-state index is -0.153. The van der Waals surface area contributed by atoms with Crippen molar-refractivity contribution in [1.82, 2.24) is 25.1 Å². The van der Waals surface area contributed by atoms with Crippen molar-refractivity contribution >= 4 is 29.0 Å². The van der Waals surface area contributed by atoms with E-state index in [1.54, 1.807) is 17.1 Å². The molecule has 0 aromatic carbocycles. The lowest BCUT2D eigenvalue weighted by molar-refractivity contribution is 0.0948. The molecule has 0 atom stereocenters. The summed E-state index contributed by atoms with van der Waals surface area (Å²) < 4.78 is 2.17. The molecule has 24 heavy (non-hydrogen) atoms. The third-order valence-electron chi connectivity index (χ3n) is 3.35. The van der Waals surface area contributed by atoms with Crippen molar-refractivity contribution in [3.05, 3.63) is 21.9 Å². The minimum absolute atomic E-state index is 0.153. The third-order valence-corrected chi connectivity index (χ3v) is 4.88. The number of thioether (sulfide) groups is 1. The maximum atomic E-state index is 12.0. The molecule has 0 unspecified atom stereocenters. The molecule has 132 valence electrons. The van der Waals surface area contributed by atoms with E-state index in [9.17, 15) is 4.79 Å². The van der Waals surface area contributed by atoms with E-state index in [0.29, 0.717) is 24.7 Å². The molecule has 0 aliphatic carbocycles. The number of nitrogens with two attached hydrogens (primary N) is 1. The second kappa shape index (κ2) is 9.14. The van der Waals surface area contributed by atoms with E-state index >= 15 is 0 Å². The number of carbonyl (C=O) groups is 1. The van der Waals surface area contributed by atoms with Gasteiger partial charge in [0.2, 0.25) is 0 Å². The number of rotatable bonds is 9. The van der Waals surface area contributed by atoms with Gasteiger partial charge in [0.1, 0.15) is 16.5 Å². The highest BCUT2D eigenvalue weighted by molar-refractivity contribution is 7.98. The largest absolute Gasteiger partial charge is 0.351 e. The number of hydrogen-bond donors (Lipinski definition) is 2. The Balaban J connectivity index is 1.83.